The number of carbonyl (C=O) groups excluding carboxylic acids is 4. The summed E-state index contributed by atoms with van der Waals surface area (Å²) in [5.74, 6) is 0.834. The first-order valence-corrected chi connectivity index (χ1v) is 35.1. The number of rotatable bonds is 30. The van der Waals surface area contributed by atoms with E-state index in [4.69, 9.17) is 19.4 Å². The third-order valence-electron chi connectivity index (χ3n) is 17.4. The number of benzene rings is 8. The Balaban J connectivity index is -0.000000590. The molecule has 0 fully saturated rings. The first kappa shape index (κ1) is 108. The lowest BCUT2D eigenvalue weighted by molar-refractivity contribution is -0.150. The van der Waals surface area contributed by atoms with Gasteiger partial charge in [-0.05, 0) is 123 Å². The van der Waals surface area contributed by atoms with Gasteiger partial charge < -0.3 is 40.7 Å². The molecule has 10 rings (SSSR count). The maximum atomic E-state index is 13.2. The van der Waals surface area contributed by atoms with Crippen LogP contribution in [0.4, 0.5) is 21.0 Å². The SMILES string of the molecule is C.C.C.C.C.C.C.C.C.C.C.C.CC.CCCCOC(=O)C(CC(CC)NC(=O)Nc1ccc(-c2nc(-c3ccccc3)c(-c3ccccc3)[nH]2)cc1)CC(C)c1ccccc1.CCCCOC(=O)C(CC(CC)NC(=O)Nc1ccc(-c2nc(-c3ccccc3)c(-c3ccccc3)[nH]2)cc1)CC(C)c1ccccc1. The van der Waals surface area contributed by atoms with Gasteiger partial charge in [0, 0.05) is 56.8 Å². The maximum Gasteiger partial charge on any atom is 0.319 e. The number of nitrogens with one attached hydrogen (secondary N) is 6. The molecular formula is C96H146N8O6. The quantitative estimate of drug-likeness (QED) is 0.0189. The average molecular weight is 1510 g/mol. The standard InChI is InChI=1S/2C41H46N4O3.C2H6.12CH4/c2*1-4-6-26-48-40(46)34(27-29(3)30-16-10-7-11-17-30)28-35(5-2)42-41(47)43-36-24-22-33(23-25-36)39-44-37(31-18-12-8-13-19-31)38(45-39)32-20-14-9-15-21-32;1-2;;;;;;;;;;;;/h2*7-25,29,34-35H,4-6,26-28H2,1-3H3,(H,44,45)(H2,42,43,47);1-2H3;12*1H4. The number of unbranched alkanes of at least 4 members (excludes halogenated alkanes) is 2. The number of esters is 2. The van der Waals surface area contributed by atoms with Crippen LogP contribution in [0.5, 0.6) is 0 Å². The van der Waals surface area contributed by atoms with Gasteiger partial charge in [0.05, 0.1) is 47.8 Å². The molecule has 2 heterocycles. The maximum absolute atomic E-state index is 13.2. The monoisotopic (exact) mass is 1510 g/mol. The molecule has 8 aromatic carbocycles. The Labute approximate surface area is 668 Å². The van der Waals surface area contributed by atoms with Gasteiger partial charge in [0.15, 0.2) is 0 Å². The molecule has 14 nitrogen and oxygen atoms in total. The molecule has 606 valence electrons. The molecule has 10 aromatic rings. The molecule has 6 unspecified atom stereocenters. The number of anilines is 2. The fourth-order valence-electron chi connectivity index (χ4n) is 11.9. The predicted octanol–water partition coefficient (Wildman–Crippen LogP) is 28.4. The Bertz CT molecular complexity index is 3590. The van der Waals surface area contributed by atoms with Crippen molar-refractivity contribution in [2.24, 2.45) is 11.8 Å². The number of nitrogens with zero attached hydrogens (tertiary/aromatic N) is 2. The molecule has 110 heavy (non-hydrogen) atoms. The summed E-state index contributed by atoms with van der Waals surface area (Å²) in [6, 6.07) is 75.4. The highest BCUT2D eigenvalue weighted by Crippen LogP contribution is 2.36. The van der Waals surface area contributed by atoms with Gasteiger partial charge in [-0.1, -0.05) is 339 Å². The van der Waals surface area contributed by atoms with E-state index >= 15 is 0 Å². The molecule has 14 heteroatoms. The van der Waals surface area contributed by atoms with E-state index in [0.29, 0.717) is 63.1 Å². The van der Waals surface area contributed by atoms with Crippen molar-refractivity contribution < 1.29 is 28.7 Å². The van der Waals surface area contributed by atoms with E-state index in [0.717, 1.165) is 93.5 Å². The largest absolute Gasteiger partial charge is 0.465 e. The average Bonchev–Trinajstić information content (AvgIpc) is 1.61. The fourth-order valence-corrected chi connectivity index (χ4v) is 11.9. The summed E-state index contributed by atoms with van der Waals surface area (Å²) in [4.78, 5) is 69.7. The lowest BCUT2D eigenvalue weighted by Crippen LogP contribution is -2.40. The van der Waals surface area contributed by atoms with E-state index in [2.05, 4.69) is 132 Å². The number of hydrogen-bond acceptors (Lipinski definition) is 8. The lowest BCUT2D eigenvalue weighted by Gasteiger charge is -2.25. The number of carbonyl (C=O) groups is 4. The molecular weight excluding hydrogens is 1360 g/mol. The number of hydrogen-bond donors (Lipinski definition) is 6. The minimum Gasteiger partial charge on any atom is -0.465 e. The van der Waals surface area contributed by atoms with Gasteiger partial charge in [-0.25, -0.2) is 19.6 Å². The van der Waals surface area contributed by atoms with Crippen LogP contribution >= 0.6 is 0 Å². The first-order chi connectivity index (χ1) is 47.9. The van der Waals surface area contributed by atoms with Crippen molar-refractivity contribution in [1.82, 2.24) is 30.6 Å². The Kier molecular flexibility index (Phi) is 56.8. The van der Waals surface area contributed by atoms with Crippen LogP contribution in [0.15, 0.2) is 231 Å². The molecule has 0 saturated heterocycles. The fraction of sp³-hybridized carbons (Fsp3) is 0.396. The summed E-state index contributed by atoms with van der Waals surface area (Å²) in [5.41, 5.74) is 13.4. The number of ether oxygens (including phenoxy) is 2. The Morgan fingerprint density at radius 2 is 0.627 bits per heavy atom. The summed E-state index contributed by atoms with van der Waals surface area (Å²) in [5, 5.41) is 12.1. The summed E-state index contributed by atoms with van der Waals surface area (Å²) in [6.07, 6.45) is 7.31. The Morgan fingerprint density at radius 3 is 0.900 bits per heavy atom. The Morgan fingerprint density at radius 1 is 0.355 bits per heavy atom. The number of H-pyrrole nitrogens is 2. The van der Waals surface area contributed by atoms with Crippen molar-refractivity contribution in [2.75, 3.05) is 23.8 Å². The molecule has 6 N–H and O–H groups in total. The molecule has 0 radical (unpaired) electrons. The van der Waals surface area contributed by atoms with Gasteiger partial charge in [-0.3, -0.25) is 9.59 Å². The van der Waals surface area contributed by atoms with Crippen molar-refractivity contribution in [1.29, 1.82) is 0 Å². The topological polar surface area (TPSA) is 192 Å². The van der Waals surface area contributed by atoms with Gasteiger partial charge in [0.1, 0.15) is 11.6 Å². The molecule has 0 spiro atoms. The van der Waals surface area contributed by atoms with E-state index in [1.54, 1.807) is 0 Å². The van der Waals surface area contributed by atoms with Crippen molar-refractivity contribution in [3.8, 4) is 67.8 Å². The minimum absolute atomic E-state index is 0. The normalized spacial score (nSPS) is 11.3. The van der Waals surface area contributed by atoms with Crippen LogP contribution < -0.4 is 21.3 Å². The molecule has 6 atom stereocenters. The van der Waals surface area contributed by atoms with Gasteiger partial charge in [-0.15, -0.1) is 0 Å². The van der Waals surface area contributed by atoms with Crippen LogP contribution in [-0.4, -0.2) is 69.2 Å². The highest BCUT2D eigenvalue weighted by molar-refractivity contribution is 5.91. The molecule has 4 amide bonds. The van der Waals surface area contributed by atoms with Crippen LogP contribution in [-0.2, 0) is 19.1 Å². The van der Waals surface area contributed by atoms with Crippen molar-refractivity contribution in [2.45, 2.75) is 233 Å². The molecule has 0 aliphatic rings. The van der Waals surface area contributed by atoms with Crippen molar-refractivity contribution >= 4 is 35.4 Å². The van der Waals surface area contributed by atoms with Gasteiger partial charge in [-0.2, -0.15) is 0 Å². The number of imidazole rings is 2. The number of aromatic amines is 2. The van der Waals surface area contributed by atoms with E-state index in [-0.39, 0.29) is 149 Å². The molecule has 0 bridgehead atoms. The summed E-state index contributed by atoms with van der Waals surface area (Å²) in [7, 11) is 0. The highest BCUT2D eigenvalue weighted by atomic mass is 16.5. The minimum atomic E-state index is -0.323. The lowest BCUT2D eigenvalue weighted by atomic mass is 9.86. The number of amides is 4. The summed E-state index contributed by atoms with van der Waals surface area (Å²) < 4.78 is 11.3. The van der Waals surface area contributed by atoms with Crippen LogP contribution in [0.25, 0.3) is 67.8 Å². The number of urea groups is 2. The number of aromatic nitrogens is 4. The van der Waals surface area contributed by atoms with Crippen LogP contribution in [0.3, 0.4) is 0 Å². The molecule has 0 aliphatic carbocycles. The highest BCUT2D eigenvalue weighted by Gasteiger charge is 2.29. The van der Waals surface area contributed by atoms with E-state index in [1.165, 1.54) is 11.1 Å². The smallest absolute Gasteiger partial charge is 0.319 e. The van der Waals surface area contributed by atoms with Crippen molar-refractivity contribution in [3.05, 3.63) is 242 Å². The van der Waals surface area contributed by atoms with Crippen LogP contribution in [0.1, 0.15) is 232 Å². The zero-order chi connectivity index (χ0) is 69.4. The molecule has 0 saturated carbocycles. The molecule has 0 aliphatic heterocycles. The van der Waals surface area contributed by atoms with E-state index in [9.17, 15) is 19.2 Å². The van der Waals surface area contributed by atoms with Crippen LogP contribution in [0.2, 0.25) is 0 Å². The summed E-state index contributed by atoms with van der Waals surface area (Å²) in [6.45, 7) is 17.3. The Hall–Kier alpha value is -10.3. The second-order valence-corrected chi connectivity index (χ2v) is 24.6. The van der Waals surface area contributed by atoms with Gasteiger partial charge in [0.25, 0.3) is 0 Å². The third-order valence-corrected chi connectivity index (χ3v) is 17.4. The zero-order valence-electron chi connectivity index (χ0n) is 58.2. The summed E-state index contributed by atoms with van der Waals surface area (Å²) >= 11 is 0. The van der Waals surface area contributed by atoms with Crippen LogP contribution in [0, 0.1) is 11.8 Å². The second kappa shape index (κ2) is 57.7. The van der Waals surface area contributed by atoms with Crippen molar-refractivity contribution in [3.63, 3.8) is 0 Å². The van der Waals surface area contributed by atoms with E-state index in [1.807, 2.05) is 185 Å². The first-order valence-electron chi connectivity index (χ1n) is 35.1. The predicted molar refractivity (Wildman–Crippen MR) is 481 cm³/mol. The third kappa shape index (κ3) is 32.5. The second-order valence-electron chi connectivity index (χ2n) is 24.6. The molecule has 2 aromatic heterocycles. The van der Waals surface area contributed by atoms with Gasteiger partial charge in [0.2, 0.25) is 0 Å². The van der Waals surface area contributed by atoms with E-state index < -0.39 is 0 Å². The van der Waals surface area contributed by atoms with Gasteiger partial charge >= 0.3 is 24.0 Å². The zero-order valence-corrected chi connectivity index (χ0v) is 58.2.